The number of nitrogens with zero attached hydrogens (tertiary/aromatic N) is 1. The van der Waals surface area contributed by atoms with E-state index in [1.54, 1.807) is 4.90 Å². The summed E-state index contributed by atoms with van der Waals surface area (Å²) in [6.07, 6.45) is 0.863. The monoisotopic (exact) mass is 297 g/mol. The van der Waals surface area contributed by atoms with Crippen LogP contribution in [0.15, 0.2) is 48.5 Å². The van der Waals surface area contributed by atoms with E-state index >= 15 is 0 Å². The molecule has 2 fully saturated rings. The Balaban J connectivity index is 0.000000133. The number of amides is 2. The van der Waals surface area contributed by atoms with Gasteiger partial charge < -0.3 is 16.0 Å². The van der Waals surface area contributed by atoms with E-state index in [0.717, 1.165) is 6.42 Å². The van der Waals surface area contributed by atoms with Crippen LogP contribution in [0.2, 0.25) is 0 Å². The summed E-state index contributed by atoms with van der Waals surface area (Å²) in [5.74, 6) is -0.170. The van der Waals surface area contributed by atoms with Gasteiger partial charge in [-0.2, -0.15) is 0 Å². The summed E-state index contributed by atoms with van der Waals surface area (Å²) >= 11 is 0. The van der Waals surface area contributed by atoms with Gasteiger partial charge in [-0.1, -0.05) is 48.5 Å². The lowest BCUT2D eigenvalue weighted by Crippen LogP contribution is -2.65. The van der Waals surface area contributed by atoms with Gasteiger partial charge in [0.25, 0.3) is 0 Å². The highest BCUT2D eigenvalue weighted by Gasteiger charge is 2.49. The van der Waals surface area contributed by atoms with Gasteiger partial charge in [0.15, 0.2) is 0 Å². The van der Waals surface area contributed by atoms with E-state index in [0.29, 0.717) is 6.54 Å². The number of nitrogens with one attached hydrogen (secondary N) is 1. The number of carbonyl (C=O) groups excluding carboxylic acids is 2. The lowest BCUT2D eigenvalue weighted by Gasteiger charge is -2.35. The van der Waals surface area contributed by atoms with Gasteiger partial charge in [0.1, 0.15) is 6.04 Å². The minimum absolute atomic E-state index is 0.00347. The lowest BCUT2D eigenvalue weighted by atomic mass is 10.0. The quantitative estimate of drug-likeness (QED) is 0.767. The minimum atomic E-state index is -0.221. The molecule has 2 aliphatic rings. The largest absolute Gasteiger partial charge is 0.349 e. The first-order valence-corrected chi connectivity index (χ1v) is 7.44. The molecule has 2 aromatic rings. The van der Waals surface area contributed by atoms with Gasteiger partial charge in [0.2, 0.25) is 11.8 Å². The summed E-state index contributed by atoms with van der Waals surface area (Å²) < 4.78 is 0. The van der Waals surface area contributed by atoms with Crippen LogP contribution in [-0.4, -0.2) is 41.9 Å². The molecule has 0 bridgehead atoms. The van der Waals surface area contributed by atoms with E-state index in [1.807, 2.05) is 0 Å². The Morgan fingerprint density at radius 1 is 1.14 bits per heavy atom. The fraction of sp³-hybridized carbons (Fsp3) is 0.294. The summed E-state index contributed by atoms with van der Waals surface area (Å²) in [5.41, 5.74) is 5.21. The van der Waals surface area contributed by atoms with E-state index in [-0.39, 0.29) is 30.4 Å². The summed E-state index contributed by atoms with van der Waals surface area (Å²) in [4.78, 5) is 23.7. The van der Waals surface area contributed by atoms with Crippen LogP contribution in [0.5, 0.6) is 0 Å². The molecule has 22 heavy (non-hydrogen) atoms. The minimum Gasteiger partial charge on any atom is -0.349 e. The molecule has 3 N–H and O–H groups in total. The second kappa shape index (κ2) is 6.15. The highest BCUT2D eigenvalue weighted by atomic mass is 16.2. The second-order valence-corrected chi connectivity index (χ2v) is 5.49. The van der Waals surface area contributed by atoms with Crippen molar-refractivity contribution in [3.05, 3.63) is 48.5 Å². The second-order valence-electron chi connectivity index (χ2n) is 5.49. The molecule has 5 heteroatoms. The maximum atomic E-state index is 11.2. The van der Waals surface area contributed by atoms with Crippen molar-refractivity contribution in [3.8, 4) is 0 Å². The molecule has 2 unspecified atom stereocenters. The van der Waals surface area contributed by atoms with Crippen LogP contribution in [0, 0.1) is 0 Å². The molecule has 2 heterocycles. The van der Waals surface area contributed by atoms with Crippen molar-refractivity contribution in [2.24, 2.45) is 5.73 Å². The number of β-lactam (4-membered cyclic amide) rings is 1. The summed E-state index contributed by atoms with van der Waals surface area (Å²) in [7, 11) is 0. The highest BCUT2D eigenvalue weighted by molar-refractivity contribution is 5.94. The van der Waals surface area contributed by atoms with Crippen molar-refractivity contribution < 1.29 is 9.59 Å². The zero-order chi connectivity index (χ0) is 15.5. The summed E-state index contributed by atoms with van der Waals surface area (Å²) in [5, 5.41) is 5.36. The van der Waals surface area contributed by atoms with E-state index in [4.69, 9.17) is 5.73 Å². The predicted octanol–water partition coefficient (Wildman–Crippen LogP) is 0.884. The van der Waals surface area contributed by atoms with Gasteiger partial charge in [0, 0.05) is 6.54 Å². The molecule has 114 valence electrons. The van der Waals surface area contributed by atoms with E-state index in [1.165, 1.54) is 10.8 Å². The van der Waals surface area contributed by atoms with Crippen molar-refractivity contribution >= 4 is 22.6 Å². The predicted molar refractivity (Wildman–Crippen MR) is 85.1 cm³/mol. The molecule has 2 aromatic carbocycles. The third kappa shape index (κ3) is 2.67. The molecule has 0 radical (unpaired) electrons. The van der Waals surface area contributed by atoms with Crippen molar-refractivity contribution in [1.82, 2.24) is 10.2 Å². The van der Waals surface area contributed by atoms with E-state index in [9.17, 15) is 9.59 Å². The van der Waals surface area contributed by atoms with Crippen LogP contribution in [0.25, 0.3) is 10.8 Å². The third-order valence-corrected chi connectivity index (χ3v) is 4.15. The molecule has 2 atom stereocenters. The Morgan fingerprint density at radius 2 is 1.68 bits per heavy atom. The van der Waals surface area contributed by atoms with Gasteiger partial charge >= 0.3 is 0 Å². The van der Waals surface area contributed by atoms with Gasteiger partial charge in [-0.05, 0) is 17.2 Å². The van der Waals surface area contributed by atoms with Crippen LogP contribution in [-0.2, 0) is 9.59 Å². The summed E-state index contributed by atoms with van der Waals surface area (Å²) in [6.45, 7) is 0.653. The molecule has 4 rings (SSSR count). The molecule has 2 aliphatic heterocycles. The highest BCUT2D eigenvalue weighted by Crippen LogP contribution is 2.24. The summed E-state index contributed by atoms with van der Waals surface area (Å²) in [6, 6.07) is 16.7. The Kier molecular flexibility index (Phi) is 4.06. The van der Waals surface area contributed by atoms with Crippen molar-refractivity contribution in [2.45, 2.75) is 18.5 Å². The van der Waals surface area contributed by atoms with Gasteiger partial charge in [-0.25, -0.2) is 0 Å². The number of benzene rings is 2. The van der Waals surface area contributed by atoms with Crippen LogP contribution < -0.4 is 11.1 Å². The average Bonchev–Trinajstić information content (AvgIpc) is 2.91. The van der Waals surface area contributed by atoms with Crippen LogP contribution >= 0.6 is 0 Å². The zero-order valence-corrected chi connectivity index (χ0v) is 12.2. The fourth-order valence-corrected chi connectivity index (χ4v) is 2.97. The molecule has 0 saturated carbocycles. The van der Waals surface area contributed by atoms with E-state index < -0.39 is 0 Å². The van der Waals surface area contributed by atoms with Crippen molar-refractivity contribution in [3.63, 3.8) is 0 Å². The smallest absolute Gasteiger partial charge is 0.245 e. The van der Waals surface area contributed by atoms with E-state index in [2.05, 4.69) is 53.8 Å². The first-order valence-electron chi connectivity index (χ1n) is 7.44. The Hall–Kier alpha value is -2.40. The molecular formula is C17H19N3O2. The molecule has 0 aromatic heterocycles. The average molecular weight is 297 g/mol. The Bertz CT molecular complexity index is 636. The first-order chi connectivity index (χ1) is 10.7. The zero-order valence-electron chi connectivity index (χ0n) is 12.2. The molecule has 2 amide bonds. The van der Waals surface area contributed by atoms with Crippen molar-refractivity contribution in [2.75, 3.05) is 13.1 Å². The first kappa shape index (κ1) is 14.5. The number of nitrogens with two attached hydrogens (primary N) is 1. The number of rotatable bonds is 1. The van der Waals surface area contributed by atoms with Crippen molar-refractivity contribution in [1.29, 1.82) is 0 Å². The number of carbonyl (C=O) groups is 2. The molecule has 0 spiro atoms. The van der Waals surface area contributed by atoms with Gasteiger partial charge in [0.05, 0.1) is 12.6 Å². The molecule has 2 saturated heterocycles. The van der Waals surface area contributed by atoms with Gasteiger partial charge in [-0.3, -0.25) is 9.59 Å². The third-order valence-electron chi connectivity index (χ3n) is 4.15. The number of fused-ring (bicyclic) bond motifs is 2. The topological polar surface area (TPSA) is 75.4 Å². The molecule has 5 nitrogen and oxygen atoms in total. The van der Waals surface area contributed by atoms with Crippen LogP contribution in [0.1, 0.15) is 6.42 Å². The normalized spacial score (nSPS) is 22.2. The molecule has 0 aliphatic carbocycles. The maximum Gasteiger partial charge on any atom is 0.245 e. The van der Waals surface area contributed by atoms with Crippen LogP contribution in [0.3, 0.4) is 0 Å². The SMILES string of the molecule is NCC(=O)N1CCC2NC(=O)C21.c1ccc2ccccc2c1. The lowest BCUT2D eigenvalue weighted by molar-refractivity contribution is -0.143. The maximum absolute atomic E-state index is 11.2. The Morgan fingerprint density at radius 3 is 2.14 bits per heavy atom. The Labute approximate surface area is 129 Å². The van der Waals surface area contributed by atoms with Gasteiger partial charge in [-0.15, -0.1) is 0 Å². The number of hydrogen-bond acceptors (Lipinski definition) is 3. The standard InChI is InChI=1S/C10H8.C7H11N3O2/c1-2-6-10-8-4-3-7-9(10)5-1;8-3-5(11)10-2-1-4-6(10)7(12)9-4/h1-8H;4,6H,1-3,8H2,(H,9,12). The number of hydrogen-bond donors (Lipinski definition) is 2. The van der Waals surface area contributed by atoms with Crippen LogP contribution in [0.4, 0.5) is 0 Å². The number of likely N-dealkylation sites (tertiary alicyclic amines) is 1. The molecular weight excluding hydrogens is 278 g/mol. The fourth-order valence-electron chi connectivity index (χ4n) is 2.97.